The van der Waals surface area contributed by atoms with Gasteiger partial charge < -0.3 is 5.32 Å². The zero-order valence-corrected chi connectivity index (χ0v) is 14.0. The lowest BCUT2D eigenvalue weighted by Gasteiger charge is -2.07. The van der Waals surface area contributed by atoms with Crippen LogP contribution in [0.5, 0.6) is 0 Å². The summed E-state index contributed by atoms with van der Waals surface area (Å²) in [5.74, 6) is -0.926. The molecule has 0 fully saturated rings. The molecule has 0 atom stereocenters. The van der Waals surface area contributed by atoms with Crippen LogP contribution < -0.4 is 5.32 Å². The number of nitrogens with zero attached hydrogens (tertiary/aromatic N) is 2. The molecule has 26 heavy (non-hydrogen) atoms. The molecule has 0 aliphatic carbocycles. The van der Waals surface area contributed by atoms with Crippen LogP contribution in [-0.2, 0) is 6.54 Å². The van der Waals surface area contributed by atoms with E-state index in [1.807, 2.05) is 0 Å². The van der Waals surface area contributed by atoms with Gasteiger partial charge in [-0.05, 0) is 29.8 Å². The average molecular weight is 375 g/mol. The fourth-order valence-electron chi connectivity index (χ4n) is 2.36. The third-order valence-electron chi connectivity index (χ3n) is 3.69. The number of halogens is 2. The molecule has 132 valence electrons. The molecule has 0 saturated carbocycles. The SMILES string of the molecule is O=C(NCc1ccc(F)c(Cl)c1)c1cn[nH]c1-c1ccc([N+](=O)[O-])cc1. The number of hydrogen-bond donors (Lipinski definition) is 2. The van der Waals surface area contributed by atoms with Crippen LogP contribution in [-0.4, -0.2) is 21.0 Å². The average Bonchev–Trinajstić information content (AvgIpc) is 3.12. The van der Waals surface area contributed by atoms with E-state index in [0.717, 1.165) is 0 Å². The highest BCUT2D eigenvalue weighted by molar-refractivity contribution is 6.30. The number of rotatable bonds is 5. The molecule has 3 rings (SSSR count). The monoisotopic (exact) mass is 374 g/mol. The lowest BCUT2D eigenvalue weighted by molar-refractivity contribution is -0.384. The molecule has 0 aliphatic heterocycles. The van der Waals surface area contributed by atoms with Crippen molar-refractivity contribution >= 4 is 23.2 Å². The predicted molar refractivity (Wildman–Crippen MR) is 93.3 cm³/mol. The molecule has 0 unspecified atom stereocenters. The Morgan fingerprint density at radius 3 is 2.65 bits per heavy atom. The molecule has 7 nitrogen and oxygen atoms in total. The molecule has 2 N–H and O–H groups in total. The number of carbonyl (C=O) groups excluding carboxylic acids is 1. The molecule has 1 heterocycles. The summed E-state index contributed by atoms with van der Waals surface area (Å²) in [6.07, 6.45) is 1.36. The van der Waals surface area contributed by atoms with Crippen LogP contribution in [0.1, 0.15) is 15.9 Å². The van der Waals surface area contributed by atoms with Crippen molar-refractivity contribution in [1.82, 2.24) is 15.5 Å². The number of nitro benzene ring substituents is 1. The van der Waals surface area contributed by atoms with Crippen LogP contribution >= 0.6 is 11.6 Å². The van der Waals surface area contributed by atoms with Crippen molar-refractivity contribution in [1.29, 1.82) is 0 Å². The van der Waals surface area contributed by atoms with E-state index in [9.17, 15) is 19.3 Å². The maximum Gasteiger partial charge on any atom is 0.269 e. The van der Waals surface area contributed by atoms with Crippen molar-refractivity contribution in [3.8, 4) is 11.3 Å². The lowest BCUT2D eigenvalue weighted by atomic mass is 10.1. The second-order valence-corrected chi connectivity index (χ2v) is 5.80. The highest BCUT2D eigenvalue weighted by atomic mass is 35.5. The van der Waals surface area contributed by atoms with Crippen LogP contribution in [0.25, 0.3) is 11.3 Å². The van der Waals surface area contributed by atoms with Gasteiger partial charge in [0.15, 0.2) is 0 Å². The van der Waals surface area contributed by atoms with Gasteiger partial charge in [-0.25, -0.2) is 4.39 Å². The van der Waals surface area contributed by atoms with E-state index in [4.69, 9.17) is 11.6 Å². The Hall–Kier alpha value is -3.26. The summed E-state index contributed by atoms with van der Waals surface area (Å²) in [6.45, 7) is 0.156. The van der Waals surface area contributed by atoms with Crippen molar-refractivity contribution in [2.45, 2.75) is 6.54 Å². The van der Waals surface area contributed by atoms with Crippen molar-refractivity contribution in [3.05, 3.63) is 80.7 Å². The van der Waals surface area contributed by atoms with E-state index < -0.39 is 16.6 Å². The van der Waals surface area contributed by atoms with Gasteiger partial charge >= 0.3 is 0 Å². The summed E-state index contributed by atoms with van der Waals surface area (Å²) in [4.78, 5) is 22.6. The molecule has 9 heteroatoms. The standard InChI is InChI=1S/C17H12ClFN4O3/c18-14-7-10(1-6-15(14)19)8-20-17(24)13-9-21-22-16(13)11-2-4-12(5-3-11)23(25)26/h1-7,9H,8H2,(H,20,24)(H,21,22). The number of hydrogen-bond acceptors (Lipinski definition) is 4. The Kier molecular flexibility index (Phi) is 4.94. The second kappa shape index (κ2) is 7.32. The molecule has 1 aromatic heterocycles. The number of aromatic amines is 1. The predicted octanol–water partition coefficient (Wildman–Crippen LogP) is 3.71. The minimum atomic E-state index is -0.531. The van der Waals surface area contributed by atoms with Gasteiger partial charge in [0.1, 0.15) is 5.82 Å². The minimum Gasteiger partial charge on any atom is -0.348 e. The van der Waals surface area contributed by atoms with E-state index >= 15 is 0 Å². The smallest absolute Gasteiger partial charge is 0.269 e. The zero-order chi connectivity index (χ0) is 18.7. The van der Waals surface area contributed by atoms with Crippen LogP contribution in [0.4, 0.5) is 10.1 Å². The zero-order valence-electron chi connectivity index (χ0n) is 13.2. The molecule has 0 radical (unpaired) electrons. The molecule has 1 amide bonds. The van der Waals surface area contributed by atoms with Crippen LogP contribution in [0.2, 0.25) is 5.02 Å². The molecule has 0 spiro atoms. The Morgan fingerprint density at radius 2 is 2.00 bits per heavy atom. The first kappa shape index (κ1) is 17.6. The Balaban J connectivity index is 1.75. The quantitative estimate of drug-likeness (QED) is 0.525. The van der Waals surface area contributed by atoms with Gasteiger partial charge in [-0.3, -0.25) is 20.0 Å². The topological polar surface area (TPSA) is 101 Å². The van der Waals surface area contributed by atoms with Crippen LogP contribution in [0, 0.1) is 15.9 Å². The highest BCUT2D eigenvalue weighted by Gasteiger charge is 2.16. The number of nitrogens with one attached hydrogen (secondary N) is 2. The molecule has 3 aromatic rings. The fraction of sp³-hybridized carbons (Fsp3) is 0.0588. The van der Waals surface area contributed by atoms with Crippen molar-refractivity contribution in [2.75, 3.05) is 0 Å². The minimum absolute atomic E-state index is 0.0216. The summed E-state index contributed by atoms with van der Waals surface area (Å²) in [5, 5.41) is 20.0. The van der Waals surface area contributed by atoms with Gasteiger partial charge in [-0.15, -0.1) is 0 Å². The summed E-state index contributed by atoms with van der Waals surface area (Å²) in [5.41, 5.74) is 1.90. The fourth-order valence-corrected chi connectivity index (χ4v) is 2.56. The number of non-ortho nitro benzene ring substituents is 1. The van der Waals surface area contributed by atoms with Gasteiger partial charge in [0, 0.05) is 24.2 Å². The summed E-state index contributed by atoms with van der Waals surface area (Å²) >= 11 is 5.72. The lowest BCUT2D eigenvalue weighted by Crippen LogP contribution is -2.23. The van der Waals surface area contributed by atoms with Crippen LogP contribution in [0.15, 0.2) is 48.7 Å². The summed E-state index contributed by atoms with van der Waals surface area (Å²) in [6, 6.07) is 9.93. The number of benzene rings is 2. The molecule has 2 aromatic carbocycles. The molecule has 0 aliphatic rings. The summed E-state index contributed by atoms with van der Waals surface area (Å²) in [7, 11) is 0. The van der Waals surface area contributed by atoms with E-state index in [1.165, 1.54) is 48.7 Å². The maximum absolute atomic E-state index is 13.2. The second-order valence-electron chi connectivity index (χ2n) is 5.39. The van der Waals surface area contributed by atoms with Crippen molar-refractivity contribution in [3.63, 3.8) is 0 Å². The first-order chi connectivity index (χ1) is 12.5. The van der Waals surface area contributed by atoms with Crippen molar-refractivity contribution in [2.24, 2.45) is 0 Å². The Labute approximate surface area is 152 Å². The molecular formula is C17H12ClFN4O3. The van der Waals surface area contributed by atoms with E-state index in [2.05, 4.69) is 15.5 Å². The van der Waals surface area contributed by atoms with Gasteiger partial charge in [0.25, 0.3) is 11.6 Å². The Bertz CT molecular complexity index is 972. The highest BCUT2D eigenvalue weighted by Crippen LogP contribution is 2.24. The van der Waals surface area contributed by atoms with E-state index in [-0.39, 0.29) is 22.8 Å². The molecule has 0 bridgehead atoms. The van der Waals surface area contributed by atoms with Gasteiger partial charge in [0.05, 0.1) is 27.4 Å². The largest absolute Gasteiger partial charge is 0.348 e. The maximum atomic E-state index is 13.2. The molecular weight excluding hydrogens is 363 g/mol. The normalized spacial score (nSPS) is 10.5. The number of amides is 1. The van der Waals surface area contributed by atoms with Gasteiger partial charge in [0.2, 0.25) is 0 Å². The molecule has 0 saturated heterocycles. The number of carbonyl (C=O) groups is 1. The van der Waals surface area contributed by atoms with Gasteiger partial charge in [-0.2, -0.15) is 5.10 Å². The summed E-state index contributed by atoms with van der Waals surface area (Å²) < 4.78 is 13.2. The van der Waals surface area contributed by atoms with Crippen molar-refractivity contribution < 1.29 is 14.1 Å². The van der Waals surface area contributed by atoms with E-state index in [1.54, 1.807) is 0 Å². The van der Waals surface area contributed by atoms with Crippen LogP contribution in [0.3, 0.4) is 0 Å². The number of nitro groups is 1. The Morgan fingerprint density at radius 1 is 1.27 bits per heavy atom. The number of H-pyrrole nitrogens is 1. The first-order valence-corrected chi connectivity index (χ1v) is 7.84. The first-order valence-electron chi connectivity index (χ1n) is 7.46. The van der Waals surface area contributed by atoms with Gasteiger partial charge in [-0.1, -0.05) is 17.7 Å². The number of aromatic nitrogens is 2. The third kappa shape index (κ3) is 3.70. The van der Waals surface area contributed by atoms with E-state index in [0.29, 0.717) is 16.8 Å². The third-order valence-corrected chi connectivity index (χ3v) is 3.98.